The van der Waals surface area contributed by atoms with Crippen LogP contribution in [0.5, 0.6) is 0 Å². The van der Waals surface area contributed by atoms with Gasteiger partial charge in [0.05, 0.1) is 19.8 Å². The summed E-state index contributed by atoms with van der Waals surface area (Å²) in [6.07, 6.45) is 1.69. The number of unbranched alkanes of at least 4 members (excludes halogenated alkanes) is 1. The van der Waals surface area contributed by atoms with Crippen molar-refractivity contribution in [3.05, 3.63) is 35.2 Å². The van der Waals surface area contributed by atoms with Crippen LogP contribution in [0.15, 0.2) is 35.3 Å². The predicted molar refractivity (Wildman–Crippen MR) is 133 cm³/mol. The Hall–Kier alpha value is -0.940. The van der Waals surface area contributed by atoms with Gasteiger partial charge in [0, 0.05) is 35.8 Å². The fraction of sp³-hybridized carbons (Fsp3) is 0.571. The van der Waals surface area contributed by atoms with Crippen molar-refractivity contribution in [3.8, 4) is 0 Å². The Balaban J connectivity index is 0.00000300. The number of rotatable bonds is 9. The van der Waals surface area contributed by atoms with Crippen molar-refractivity contribution >= 4 is 51.4 Å². The van der Waals surface area contributed by atoms with Crippen LogP contribution < -0.4 is 10.6 Å². The van der Waals surface area contributed by atoms with Crippen LogP contribution in [0.1, 0.15) is 30.7 Å². The summed E-state index contributed by atoms with van der Waals surface area (Å²) >= 11 is 1.63. The minimum Gasteiger partial charge on any atom is -0.386 e. The topological polar surface area (TPSA) is 69.1 Å². The van der Waals surface area contributed by atoms with Crippen molar-refractivity contribution in [2.75, 3.05) is 52.5 Å². The molecule has 6 nitrogen and oxygen atoms in total. The number of morpholine rings is 1. The van der Waals surface area contributed by atoms with Gasteiger partial charge in [-0.25, -0.2) is 0 Å². The number of fused-ring (bicyclic) bond motifs is 1. The van der Waals surface area contributed by atoms with Crippen LogP contribution in [-0.4, -0.2) is 68.4 Å². The third-order valence-corrected chi connectivity index (χ3v) is 6.05. The van der Waals surface area contributed by atoms with Crippen LogP contribution in [0.3, 0.4) is 0 Å². The monoisotopic (exact) mass is 532 g/mol. The Morgan fingerprint density at radius 1 is 1.24 bits per heavy atom. The van der Waals surface area contributed by atoms with Gasteiger partial charge in [0.2, 0.25) is 0 Å². The van der Waals surface area contributed by atoms with E-state index < -0.39 is 6.10 Å². The smallest absolute Gasteiger partial charge is 0.191 e. The summed E-state index contributed by atoms with van der Waals surface area (Å²) in [5.74, 6) is 0.772. The number of guanidine groups is 1. The van der Waals surface area contributed by atoms with Crippen molar-refractivity contribution < 1.29 is 9.84 Å². The van der Waals surface area contributed by atoms with Crippen LogP contribution in [0.4, 0.5) is 0 Å². The highest BCUT2D eigenvalue weighted by Gasteiger charge is 2.12. The number of benzene rings is 1. The summed E-state index contributed by atoms with van der Waals surface area (Å²) in [5.41, 5.74) is 0. The molecule has 0 bridgehead atoms. The molecule has 0 saturated carbocycles. The first-order valence-corrected chi connectivity index (χ1v) is 11.1. The maximum absolute atomic E-state index is 10.5. The van der Waals surface area contributed by atoms with Gasteiger partial charge in [-0.3, -0.25) is 9.89 Å². The molecule has 1 fully saturated rings. The SMILES string of the molecule is CCNC(=NCC(O)c1cc2ccccc2s1)NCCCCN1CCOCC1.I. The van der Waals surface area contributed by atoms with E-state index in [9.17, 15) is 5.11 Å². The van der Waals surface area contributed by atoms with Gasteiger partial charge >= 0.3 is 0 Å². The van der Waals surface area contributed by atoms with E-state index in [1.54, 1.807) is 11.3 Å². The zero-order valence-corrected chi connectivity index (χ0v) is 20.2. The van der Waals surface area contributed by atoms with Crippen LogP contribution in [0, 0.1) is 0 Å². The third-order valence-electron chi connectivity index (χ3n) is 4.84. The maximum atomic E-state index is 10.5. The van der Waals surface area contributed by atoms with Crippen LogP contribution >= 0.6 is 35.3 Å². The lowest BCUT2D eigenvalue weighted by Gasteiger charge is -2.26. The van der Waals surface area contributed by atoms with E-state index in [0.29, 0.717) is 6.54 Å². The van der Waals surface area contributed by atoms with Crippen molar-refractivity contribution in [3.63, 3.8) is 0 Å². The molecular weight excluding hydrogens is 499 g/mol. The Bertz CT molecular complexity index is 716. The normalized spacial score (nSPS) is 16.4. The van der Waals surface area contributed by atoms with E-state index in [0.717, 1.165) is 69.6 Å². The number of thiophene rings is 1. The molecule has 1 aromatic carbocycles. The quantitative estimate of drug-likeness (QED) is 0.200. The molecule has 2 aromatic rings. The number of nitrogens with zero attached hydrogens (tertiary/aromatic N) is 2. The highest BCUT2D eigenvalue weighted by molar-refractivity contribution is 14.0. The third kappa shape index (κ3) is 8.01. The average molecular weight is 532 g/mol. The summed E-state index contributed by atoms with van der Waals surface area (Å²) in [5, 5.41) is 18.3. The molecule has 0 amide bonds. The first kappa shape index (κ1) is 24.3. The minimum absolute atomic E-state index is 0. The fourth-order valence-electron chi connectivity index (χ4n) is 3.27. The molecule has 0 radical (unpaired) electrons. The first-order chi connectivity index (χ1) is 13.8. The van der Waals surface area contributed by atoms with Gasteiger partial charge in [0.1, 0.15) is 6.10 Å². The molecule has 1 aliphatic rings. The molecule has 0 spiro atoms. The first-order valence-electron chi connectivity index (χ1n) is 10.2. The van der Waals surface area contributed by atoms with E-state index in [1.165, 1.54) is 10.1 Å². The fourth-order valence-corrected chi connectivity index (χ4v) is 4.31. The molecule has 162 valence electrons. The Morgan fingerprint density at radius 2 is 2.03 bits per heavy atom. The van der Waals surface area contributed by atoms with E-state index in [1.807, 2.05) is 12.1 Å². The number of ether oxygens (including phenoxy) is 1. The van der Waals surface area contributed by atoms with Crippen molar-refractivity contribution in [2.45, 2.75) is 25.9 Å². The molecule has 1 aliphatic heterocycles. The second-order valence-corrected chi connectivity index (χ2v) is 8.13. The van der Waals surface area contributed by atoms with Gasteiger partial charge in [-0.1, -0.05) is 18.2 Å². The van der Waals surface area contributed by atoms with E-state index in [4.69, 9.17) is 4.74 Å². The van der Waals surface area contributed by atoms with Gasteiger partial charge in [0.25, 0.3) is 0 Å². The Morgan fingerprint density at radius 3 is 2.79 bits per heavy atom. The molecule has 1 unspecified atom stereocenters. The zero-order valence-electron chi connectivity index (χ0n) is 17.1. The summed E-state index contributed by atoms with van der Waals surface area (Å²) in [7, 11) is 0. The molecule has 1 atom stereocenters. The second kappa shape index (κ2) is 13.4. The highest BCUT2D eigenvalue weighted by Crippen LogP contribution is 2.29. The highest BCUT2D eigenvalue weighted by atomic mass is 127. The van der Waals surface area contributed by atoms with E-state index >= 15 is 0 Å². The number of nitrogens with one attached hydrogen (secondary N) is 2. The van der Waals surface area contributed by atoms with Gasteiger partial charge in [0.15, 0.2) is 5.96 Å². The van der Waals surface area contributed by atoms with E-state index in [-0.39, 0.29) is 24.0 Å². The lowest BCUT2D eigenvalue weighted by atomic mass is 10.2. The number of aliphatic imine (C=N–C) groups is 1. The minimum atomic E-state index is -0.575. The number of hydrogen-bond acceptors (Lipinski definition) is 5. The molecule has 1 saturated heterocycles. The Labute approximate surface area is 194 Å². The molecule has 3 N–H and O–H groups in total. The molecule has 1 aromatic heterocycles. The van der Waals surface area contributed by atoms with Gasteiger partial charge in [-0.2, -0.15) is 0 Å². The summed E-state index contributed by atoms with van der Waals surface area (Å²) < 4.78 is 6.58. The zero-order chi connectivity index (χ0) is 19.6. The standard InChI is InChI=1S/C21H32N4O2S.HI/c1-2-22-21(23-9-5-6-10-25-11-13-27-14-12-25)24-16-18(26)20-15-17-7-3-4-8-19(17)28-20;/h3-4,7-8,15,18,26H,2,5-6,9-14,16H2,1H3,(H2,22,23,24);1H. The molecule has 3 rings (SSSR count). The summed E-state index contributed by atoms with van der Waals surface area (Å²) in [4.78, 5) is 8.00. The van der Waals surface area contributed by atoms with Crippen LogP contribution in [-0.2, 0) is 4.74 Å². The number of aliphatic hydroxyl groups excluding tert-OH is 1. The predicted octanol–water partition coefficient (Wildman–Crippen LogP) is 3.22. The average Bonchev–Trinajstić information content (AvgIpc) is 3.16. The Kier molecular flexibility index (Phi) is 11.2. The van der Waals surface area contributed by atoms with Crippen molar-refractivity contribution in [2.24, 2.45) is 4.99 Å². The lowest BCUT2D eigenvalue weighted by molar-refractivity contribution is 0.0372. The molecule has 2 heterocycles. The summed E-state index contributed by atoms with van der Waals surface area (Å²) in [6, 6.07) is 10.3. The number of hydrogen-bond donors (Lipinski definition) is 3. The number of aliphatic hydroxyl groups is 1. The maximum Gasteiger partial charge on any atom is 0.191 e. The lowest BCUT2D eigenvalue weighted by Crippen LogP contribution is -2.39. The molecule has 0 aliphatic carbocycles. The number of halogens is 1. The largest absolute Gasteiger partial charge is 0.386 e. The van der Waals surface area contributed by atoms with Crippen LogP contribution in [0.25, 0.3) is 10.1 Å². The molecule has 29 heavy (non-hydrogen) atoms. The summed E-state index contributed by atoms with van der Waals surface area (Å²) in [6.45, 7) is 9.04. The second-order valence-electron chi connectivity index (χ2n) is 7.01. The van der Waals surface area contributed by atoms with Gasteiger partial charge < -0.3 is 20.5 Å². The molecular formula is C21H33IN4O2S. The van der Waals surface area contributed by atoms with Gasteiger partial charge in [-0.05, 0) is 43.8 Å². The van der Waals surface area contributed by atoms with Crippen molar-refractivity contribution in [1.29, 1.82) is 0 Å². The van der Waals surface area contributed by atoms with Crippen molar-refractivity contribution in [1.82, 2.24) is 15.5 Å². The van der Waals surface area contributed by atoms with Crippen LogP contribution in [0.2, 0.25) is 0 Å². The van der Waals surface area contributed by atoms with E-state index in [2.05, 4.69) is 45.6 Å². The van der Waals surface area contributed by atoms with Gasteiger partial charge in [-0.15, -0.1) is 35.3 Å². The molecule has 8 heteroatoms.